The van der Waals surface area contributed by atoms with Crippen LogP contribution < -0.4 is 10.1 Å². The van der Waals surface area contributed by atoms with Gasteiger partial charge in [0.05, 0.1) is 0 Å². The maximum atomic E-state index is 5.92. The first-order valence-corrected chi connectivity index (χ1v) is 8.25. The fourth-order valence-electron chi connectivity index (χ4n) is 3.42. The topological polar surface area (TPSA) is 24.5 Å². The fraction of sp³-hybridized carbons (Fsp3) is 0.667. The molecule has 0 radical (unpaired) electrons. The summed E-state index contributed by atoms with van der Waals surface area (Å²) < 4.78 is 5.92. The van der Waals surface area contributed by atoms with E-state index in [1.54, 1.807) is 0 Å². The van der Waals surface area contributed by atoms with Gasteiger partial charge in [-0.05, 0) is 57.2 Å². The van der Waals surface area contributed by atoms with Gasteiger partial charge in [-0.25, -0.2) is 0 Å². The van der Waals surface area contributed by atoms with Crippen LogP contribution in [0.4, 0.5) is 0 Å². The van der Waals surface area contributed by atoms with Crippen molar-refractivity contribution in [3.8, 4) is 5.75 Å². The number of benzene rings is 1. The van der Waals surface area contributed by atoms with E-state index in [-0.39, 0.29) is 0 Å². The van der Waals surface area contributed by atoms with Crippen molar-refractivity contribution in [2.45, 2.75) is 45.2 Å². The fourth-order valence-corrected chi connectivity index (χ4v) is 3.42. The highest BCUT2D eigenvalue weighted by atomic mass is 16.5. The quantitative estimate of drug-likeness (QED) is 0.901. The minimum atomic E-state index is 0.315. The van der Waals surface area contributed by atoms with Crippen molar-refractivity contribution in [1.29, 1.82) is 0 Å². The normalized spacial score (nSPS) is 30.3. The molecular weight excluding hydrogens is 260 g/mol. The van der Waals surface area contributed by atoms with E-state index in [1.165, 1.54) is 18.4 Å². The molecule has 0 spiro atoms. The number of piperazine rings is 1. The maximum Gasteiger partial charge on any atom is 0.119 e. The Labute approximate surface area is 128 Å². The highest BCUT2D eigenvalue weighted by Crippen LogP contribution is 2.41. The predicted octanol–water partition coefficient (Wildman–Crippen LogP) is 2.84. The van der Waals surface area contributed by atoms with Crippen LogP contribution in [0, 0.1) is 12.8 Å². The average Bonchev–Trinajstić information content (AvgIpc) is 3.28. The molecule has 1 saturated carbocycles. The zero-order valence-corrected chi connectivity index (χ0v) is 13.6. The molecule has 2 aliphatic rings. The highest BCUT2D eigenvalue weighted by Gasteiger charge is 2.45. The van der Waals surface area contributed by atoms with Gasteiger partial charge in [-0.1, -0.05) is 12.1 Å². The Kier molecular flexibility index (Phi) is 4.23. The van der Waals surface area contributed by atoms with Crippen molar-refractivity contribution in [3.63, 3.8) is 0 Å². The van der Waals surface area contributed by atoms with Crippen molar-refractivity contribution in [2.24, 2.45) is 5.92 Å². The summed E-state index contributed by atoms with van der Waals surface area (Å²) in [5.41, 5.74) is 1.57. The van der Waals surface area contributed by atoms with Crippen LogP contribution in [0.15, 0.2) is 24.3 Å². The molecule has 2 fully saturated rings. The van der Waals surface area contributed by atoms with Crippen LogP contribution in [0.2, 0.25) is 0 Å². The van der Waals surface area contributed by atoms with Crippen molar-refractivity contribution in [3.05, 3.63) is 29.8 Å². The molecule has 1 aliphatic heterocycles. The third-order valence-corrected chi connectivity index (χ3v) is 5.07. The molecule has 1 aromatic carbocycles. The second-order valence-corrected chi connectivity index (χ2v) is 7.06. The van der Waals surface area contributed by atoms with E-state index in [9.17, 15) is 0 Å². The lowest BCUT2D eigenvalue weighted by atomic mass is 9.91. The first kappa shape index (κ1) is 14.9. The Bertz CT molecular complexity index is 486. The molecule has 2 atom stereocenters. The van der Waals surface area contributed by atoms with Gasteiger partial charge in [0.25, 0.3) is 0 Å². The predicted molar refractivity (Wildman–Crippen MR) is 86.8 cm³/mol. The molecule has 0 bridgehead atoms. The van der Waals surface area contributed by atoms with Gasteiger partial charge in [0.2, 0.25) is 0 Å². The number of ether oxygens (including phenoxy) is 1. The van der Waals surface area contributed by atoms with Crippen LogP contribution in [0.1, 0.15) is 32.3 Å². The van der Waals surface area contributed by atoms with E-state index in [1.807, 2.05) is 6.07 Å². The Morgan fingerprint density at radius 1 is 1.38 bits per heavy atom. The molecule has 116 valence electrons. The third-order valence-electron chi connectivity index (χ3n) is 5.07. The number of hydrogen-bond acceptors (Lipinski definition) is 3. The smallest absolute Gasteiger partial charge is 0.119 e. The summed E-state index contributed by atoms with van der Waals surface area (Å²) >= 11 is 0. The number of nitrogens with one attached hydrogen (secondary N) is 1. The molecule has 3 nitrogen and oxygen atoms in total. The van der Waals surface area contributed by atoms with Gasteiger partial charge in [-0.3, -0.25) is 4.90 Å². The molecule has 3 heteroatoms. The molecule has 1 aliphatic carbocycles. The minimum Gasteiger partial charge on any atom is -0.492 e. The largest absolute Gasteiger partial charge is 0.492 e. The van der Waals surface area contributed by atoms with Gasteiger partial charge < -0.3 is 10.1 Å². The lowest BCUT2D eigenvalue weighted by molar-refractivity contribution is 0.0707. The van der Waals surface area contributed by atoms with E-state index in [4.69, 9.17) is 4.74 Å². The zero-order valence-electron chi connectivity index (χ0n) is 13.6. The van der Waals surface area contributed by atoms with Crippen LogP contribution >= 0.6 is 0 Å². The molecule has 21 heavy (non-hydrogen) atoms. The van der Waals surface area contributed by atoms with Gasteiger partial charge in [-0.15, -0.1) is 0 Å². The Morgan fingerprint density at radius 3 is 2.90 bits per heavy atom. The van der Waals surface area contributed by atoms with E-state index in [2.05, 4.69) is 49.2 Å². The molecule has 0 amide bonds. The zero-order chi connectivity index (χ0) is 14.9. The minimum absolute atomic E-state index is 0.315. The van der Waals surface area contributed by atoms with Gasteiger partial charge in [0, 0.05) is 31.2 Å². The maximum absolute atomic E-state index is 5.92. The van der Waals surface area contributed by atoms with Crippen molar-refractivity contribution in [2.75, 3.05) is 26.2 Å². The summed E-state index contributed by atoms with van der Waals surface area (Å²) in [4.78, 5) is 2.59. The van der Waals surface area contributed by atoms with Crippen molar-refractivity contribution in [1.82, 2.24) is 10.2 Å². The van der Waals surface area contributed by atoms with Crippen LogP contribution in [-0.4, -0.2) is 42.7 Å². The summed E-state index contributed by atoms with van der Waals surface area (Å²) in [5, 5.41) is 3.77. The lowest BCUT2D eigenvalue weighted by Gasteiger charge is -2.45. The summed E-state index contributed by atoms with van der Waals surface area (Å²) in [6, 6.07) is 8.91. The van der Waals surface area contributed by atoms with Gasteiger partial charge >= 0.3 is 0 Å². The van der Waals surface area contributed by atoms with Crippen LogP contribution in [0.5, 0.6) is 5.75 Å². The van der Waals surface area contributed by atoms with E-state index >= 15 is 0 Å². The summed E-state index contributed by atoms with van der Waals surface area (Å²) in [6.07, 6.45) is 2.79. The molecule has 1 saturated heterocycles. The number of aryl methyl sites for hydroxylation is 1. The van der Waals surface area contributed by atoms with E-state index < -0.39 is 0 Å². The molecule has 1 heterocycles. The first-order valence-electron chi connectivity index (χ1n) is 8.25. The molecule has 0 aromatic heterocycles. The summed E-state index contributed by atoms with van der Waals surface area (Å²) in [5.74, 6) is 1.87. The van der Waals surface area contributed by atoms with Crippen molar-refractivity contribution >= 4 is 0 Å². The molecular formula is C18H28N2O. The second kappa shape index (κ2) is 5.98. The van der Waals surface area contributed by atoms with Gasteiger partial charge in [-0.2, -0.15) is 0 Å². The molecule has 1 N–H and O–H groups in total. The van der Waals surface area contributed by atoms with Crippen molar-refractivity contribution < 1.29 is 4.74 Å². The summed E-state index contributed by atoms with van der Waals surface area (Å²) in [7, 11) is 0. The first-order chi connectivity index (χ1) is 10.1. The monoisotopic (exact) mass is 288 g/mol. The SMILES string of the molecule is Cc1cccc(OCCN2CC(C)(C3CC3)NCC2C)c1. The van der Waals surface area contributed by atoms with E-state index in [0.29, 0.717) is 11.6 Å². The number of hydrogen-bond donors (Lipinski definition) is 1. The Balaban J connectivity index is 1.51. The standard InChI is InChI=1S/C18H28N2O/c1-14-5-4-6-17(11-14)21-10-9-20-13-18(3,16-7-8-16)19-12-15(20)2/h4-6,11,15-16,19H,7-10,12-13H2,1-3H3. The third kappa shape index (κ3) is 3.58. The Morgan fingerprint density at radius 2 is 2.19 bits per heavy atom. The number of rotatable bonds is 5. The van der Waals surface area contributed by atoms with Gasteiger partial charge in [0.15, 0.2) is 0 Å². The van der Waals surface area contributed by atoms with Crippen LogP contribution in [-0.2, 0) is 0 Å². The Hall–Kier alpha value is -1.06. The average molecular weight is 288 g/mol. The highest BCUT2D eigenvalue weighted by molar-refractivity contribution is 5.27. The lowest BCUT2D eigenvalue weighted by Crippen LogP contribution is -2.63. The van der Waals surface area contributed by atoms with Crippen LogP contribution in [0.3, 0.4) is 0 Å². The number of nitrogens with zero attached hydrogens (tertiary/aromatic N) is 1. The molecule has 1 aromatic rings. The van der Waals surface area contributed by atoms with Gasteiger partial charge in [0.1, 0.15) is 12.4 Å². The van der Waals surface area contributed by atoms with E-state index in [0.717, 1.165) is 37.9 Å². The summed E-state index contributed by atoms with van der Waals surface area (Å²) in [6.45, 7) is 10.8. The molecule has 3 rings (SSSR count). The van der Waals surface area contributed by atoms with Crippen LogP contribution in [0.25, 0.3) is 0 Å². The second-order valence-electron chi connectivity index (χ2n) is 7.06. The molecule has 2 unspecified atom stereocenters.